The normalized spacial score (nSPS) is 10.4. The molecule has 0 amide bonds. The third kappa shape index (κ3) is 2.54. The van der Waals surface area contributed by atoms with Crippen LogP contribution < -0.4 is 10.1 Å². The fourth-order valence-electron chi connectivity index (χ4n) is 2.15. The molecule has 0 bridgehead atoms. The summed E-state index contributed by atoms with van der Waals surface area (Å²) >= 11 is 0. The molecule has 2 heterocycles. The monoisotopic (exact) mass is 265 g/mol. The van der Waals surface area contributed by atoms with Gasteiger partial charge in [0.1, 0.15) is 0 Å². The molecule has 3 aromatic rings. The van der Waals surface area contributed by atoms with Crippen molar-refractivity contribution in [3.63, 3.8) is 0 Å². The smallest absolute Gasteiger partial charge is 0.213 e. The lowest BCUT2D eigenvalue weighted by Gasteiger charge is -2.09. The minimum absolute atomic E-state index is 0.617. The van der Waals surface area contributed by atoms with Crippen molar-refractivity contribution in [1.82, 2.24) is 9.97 Å². The zero-order valence-corrected chi connectivity index (χ0v) is 11.2. The summed E-state index contributed by atoms with van der Waals surface area (Å²) in [6.45, 7) is 0.745. The molecule has 2 aromatic heterocycles. The van der Waals surface area contributed by atoms with Crippen molar-refractivity contribution in [3.05, 3.63) is 60.6 Å². The summed E-state index contributed by atoms with van der Waals surface area (Å²) < 4.78 is 5.04. The van der Waals surface area contributed by atoms with Gasteiger partial charge in [0.2, 0.25) is 5.88 Å². The zero-order valence-electron chi connectivity index (χ0n) is 11.2. The van der Waals surface area contributed by atoms with Gasteiger partial charge < -0.3 is 10.1 Å². The second-order valence-corrected chi connectivity index (χ2v) is 4.46. The Kier molecular flexibility index (Phi) is 3.46. The van der Waals surface area contributed by atoms with Gasteiger partial charge in [0, 0.05) is 30.4 Å². The highest BCUT2D eigenvalue weighted by Crippen LogP contribution is 2.19. The third-order valence-corrected chi connectivity index (χ3v) is 3.20. The van der Waals surface area contributed by atoms with Crippen molar-refractivity contribution in [1.29, 1.82) is 0 Å². The lowest BCUT2D eigenvalue weighted by Crippen LogP contribution is -2.00. The van der Waals surface area contributed by atoms with Crippen molar-refractivity contribution >= 4 is 16.5 Å². The van der Waals surface area contributed by atoms with Crippen molar-refractivity contribution in [2.24, 2.45) is 0 Å². The fourth-order valence-corrected chi connectivity index (χ4v) is 2.15. The minimum atomic E-state index is 0.617. The molecule has 0 fully saturated rings. The van der Waals surface area contributed by atoms with Gasteiger partial charge in [-0.25, -0.2) is 4.98 Å². The maximum atomic E-state index is 5.04. The lowest BCUT2D eigenvalue weighted by molar-refractivity contribution is 0.398. The van der Waals surface area contributed by atoms with E-state index in [2.05, 4.69) is 27.4 Å². The topological polar surface area (TPSA) is 47.0 Å². The van der Waals surface area contributed by atoms with Crippen LogP contribution in [0.3, 0.4) is 0 Å². The highest BCUT2D eigenvalue weighted by molar-refractivity contribution is 5.84. The van der Waals surface area contributed by atoms with Gasteiger partial charge >= 0.3 is 0 Å². The van der Waals surface area contributed by atoms with E-state index in [9.17, 15) is 0 Å². The van der Waals surface area contributed by atoms with Crippen LogP contribution in [0.4, 0.5) is 5.69 Å². The Morgan fingerprint density at radius 2 is 2.05 bits per heavy atom. The maximum Gasteiger partial charge on any atom is 0.213 e. The standard InChI is InChI=1S/C16H15N3O/c1-20-16-6-5-14(11-19-16)18-10-13-4-2-3-12-9-17-8-7-15(12)13/h2-9,11,18H,10H2,1H3. The first-order valence-electron chi connectivity index (χ1n) is 6.42. The molecular weight excluding hydrogens is 250 g/mol. The van der Waals surface area contributed by atoms with E-state index in [0.717, 1.165) is 17.6 Å². The summed E-state index contributed by atoms with van der Waals surface area (Å²) in [6.07, 6.45) is 5.47. The Bertz CT molecular complexity index is 705. The van der Waals surface area contributed by atoms with Gasteiger partial charge in [-0.05, 0) is 23.1 Å². The zero-order chi connectivity index (χ0) is 13.8. The average Bonchev–Trinajstić information content (AvgIpc) is 2.53. The number of nitrogens with zero attached hydrogens (tertiary/aromatic N) is 2. The summed E-state index contributed by atoms with van der Waals surface area (Å²) in [6, 6.07) is 12.1. The van der Waals surface area contributed by atoms with Gasteiger partial charge in [-0.15, -0.1) is 0 Å². The van der Waals surface area contributed by atoms with Crippen LogP contribution in [0, 0.1) is 0 Å². The number of pyridine rings is 2. The Balaban J connectivity index is 1.79. The Hall–Kier alpha value is -2.62. The molecule has 0 aliphatic carbocycles. The summed E-state index contributed by atoms with van der Waals surface area (Å²) in [5.74, 6) is 0.617. The van der Waals surface area contributed by atoms with Crippen LogP contribution >= 0.6 is 0 Å². The molecule has 1 N–H and O–H groups in total. The van der Waals surface area contributed by atoms with Crippen molar-refractivity contribution in [2.75, 3.05) is 12.4 Å². The number of fused-ring (bicyclic) bond motifs is 1. The van der Waals surface area contributed by atoms with Crippen LogP contribution in [0.25, 0.3) is 10.8 Å². The van der Waals surface area contributed by atoms with Crippen LogP contribution in [-0.2, 0) is 6.54 Å². The predicted octanol–water partition coefficient (Wildman–Crippen LogP) is 3.25. The van der Waals surface area contributed by atoms with Crippen molar-refractivity contribution in [3.8, 4) is 5.88 Å². The Morgan fingerprint density at radius 1 is 1.10 bits per heavy atom. The molecular formula is C16H15N3O. The van der Waals surface area contributed by atoms with E-state index in [4.69, 9.17) is 4.74 Å². The maximum absolute atomic E-state index is 5.04. The highest BCUT2D eigenvalue weighted by Gasteiger charge is 2.01. The molecule has 0 saturated heterocycles. The van der Waals surface area contributed by atoms with Gasteiger partial charge in [0.25, 0.3) is 0 Å². The first kappa shape index (κ1) is 12.4. The Labute approximate surface area is 117 Å². The molecule has 0 aliphatic rings. The van der Waals surface area contributed by atoms with Crippen molar-refractivity contribution in [2.45, 2.75) is 6.54 Å². The Morgan fingerprint density at radius 3 is 2.85 bits per heavy atom. The fraction of sp³-hybridized carbons (Fsp3) is 0.125. The number of benzene rings is 1. The molecule has 100 valence electrons. The van der Waals surface area contributed by atoms with Crippen LogP contribution in [0.2, 0.25) is 0 Å². The SMILES string of the molecule is COc1ccc(NCc2cccc3cnccc23)cn1. The van der Waals surface area contributed by atoms with Gasteiger partial charge in [0.05, 0.1) is 19.0 Å². The van der Waals surface area contributed by atoms with E-state index in [-0.39, 0.29) is 0 Å². The molecule has 0 unspecified atom stereocenters. The summed E-state index contributed by atoms with van der Waals surface area (Å²) in [5, 5.41) is 5.74. The molecule has 0 spiro atoms. The molecule has 3 rings (SSSR count). The summed E-state index contributed by atoms with van der Waals surface area (Å²) in [4.78, 5) is 8.32. The van der Waals surface area contributed by atoms with Crippen LogP contribution in [-0.4, -0.2) is 17.1 Å². The van der Waals surface area contributed by atoms with E-state index in [1.165, 1.54) is 10.9 Å². The molecule has 4 heteroatoms. The summed E-state index contributed by atoms with van der Waals surface area (Å²) in [5.41, 5.74) is 2.21. The minimum Gasteiger partial charge on any atom is -0.481 e. The average molecular weight is 265 g/mol. The predicted molar refractivity (Wildman–Crippen MR) is 79.9 cm³/mol. The molecule has 0 radical (unpaired) electrons. The van der Waals surface area contributed by atoms with Crippen LogP contribution in [0.5, 0.6) is 5.88 Å². The van der Waals surface area contributed by atoms with Gasteiger partial charge in [-0.3, -0.25) is 4.98 Å². The molecule has 20 heavy (non-hydrogen) atoms. The van der Waals surface area contributed by atoms with Crippen molar-refractivity contribution < 1.29 is 4.74 Å². The number of hydrogen-bond donors (Lipinski definition) is 1. The van der Waals surface area contributed by atoms with E-state index >= 15 is 0 Å². The number of ether oxygens (including phenoxy) is 1. The number of methoxy groups -OCH3 is 1. The number of anilines is 1. The number of rotatable bonds is 4. The largest absolute Gasteiger partial charge is 0.481 e. The van der Waals surface area contributed by atoms with Gasteiger partial charge in [-0.1, -0.05) is 18.2 Å². The van der Waals surface area contributed by atoms with Gasteiger partial charge in [0.15, 0.2) is 0 Å². The molecule has 0 atom stereocenters. The number of nitrogens with one attached hydrogen (secondary N) is 1. The molecule has 0 aliphatic heterocycles. The van der Waals surface area contributed by atoms with E-state index in [1.807, 2.05) is 36.7 Å². The van der Waals surface area contributed by atoms with Crippen LogP contribution in [0.1, 0.15) is 5.56 Å². The first-order valence-corrected chi connectivity index (χ1v) is 6.42. The third-order valence-electron chi connectivity index (χ3n) is 3.20. The van der Waals surface area contributed by atoms with E-state index < -0.39 is 0 Å². The second-order valence-electron chi connectivity index (χ2n) is 4.46. The first-order chi connectivity index (χ1) is 9.86. The van der Waals surface area contributed by atoms with Gasteiger partial charge in [-0.2, -0.15) is 0 Å². The second kappa shape index (κ2) is 5.57. The summed E-state index contributed by atoms with van der Waals surface area (Å²) in [7, 11) is 1.61. The molecule has 1 aromatic carbocycles. The number of aromatic nitrogens is 2. The molecule has 4 nitrogen and oxygen atoms in total. The van der Waals surface area contributed by atoms with E-state index in [0.29, 0.717) is 5.88 Å². The number of hydrogen-bond acceptors (Lipinski definition) is 4. The lowest BCUT2D eigenvalue weighted by atomic mass is 10.1. The highest BCUT2D eigenvalue weighted by atomic mass is 16.5. The van der Waals surface area contributed by atoms with E-state index in [1.54, 1.807) is 13.3 Å². The van der Waals surface area contributed by atoms with Crippen LogP contribution in [0.15, 0.2) is 55.0 Å². The molecule has 0 saturated carbocycles. The quantitative estimate of drug-likeness (QED) is 0.786.